The van der Waals surface area contributed by atoms with Gasteiger partial charge in [0.2, 0.25) is 0 Å². The van der Waals surface area contributed by atoms with Gasteiger partial charge < -0.3 is 9.84 Å². The van der Waals surface area contributed by atoms with Gasteiger partial charge in [0.05, 0.1) is 0 Å². The normalized spacial score (nSPS) is 12.2. The number of rotatable bonds is 16. The van der Waals surface area contributed by atoms with E-state index in [0.717, 1.165) is 24.0 Å². The average molecular weight is 475 g/mol. The molecule has 0 aliphatic rings. The molecule has 0 fully saturated rings. The first-order valence-corrected chi connectivity index (χ1v) is 14.1. The third-order valence-corrected chi connectivity index (χ3v) is 6.67. The Morgan fingerprint density at radius 3 is 1.50 bits per heavy atom. The van der Waals surface area contributed by atoms with E-state index in [0.29, 0.717) is 12.2 Å². The Morgan fingerprint density at radius 1 is 0.676 bits per heavy atom. The highest BCUT2D eigenvalue weighted by atomic mass is 16.5. The lowest BCUT2D eigenvalue weighted by atomic mass is 9.81. The van der Waals surface area contributed by atoms with Gasteiger partial charge in [-0.15, -0.1) is 0 Å². The van der Waals surface area contributed by atoms with E-state index < -0.39 is 0 Å². The predicted octanol–water partition coefficient (Wildman–Crippen LogP) is 9.76. The molecule has 1 aromatic carbocycles. The van der Waals surface area contributed by atoms with Crippen molar-refractivity contribution in [2.24, 2.45) is 0 Å². The number of ether oxygens (including phenoxy) is 1. The first-order chi connectivity index (χ1) is 16.0. The molecule has 0 spiro atoms. The van der Waals surface area contributed by atoms with Crippen LogP contribution in [0.5, 0.6) is 11.5 Å². The molecule has 1 N–H and O–H groups in total. The summed E-state index contributed by atoms with van der Waals surface area (Å²) in [4.78, 5) is 12.6. The second-order valence-corrected chi connectivity index (χ2v) is 12.2. The van der Waals surface area contributed by atoms with Gasteiger partial charge in [-0.3, -0.25) is 4.79 Å². The van der Waals surface area contributed by atoms with Crippen molar-refractivity contribution in [1.29, 1.82) is 0 Å². The van der Waals surface area contributed by atoms with Crippen LogP contribution < -0.4 is 4.74 Å². The van der Waals surface area contributed by atoms with E-state index >= 15 is 0 Å². The van der Waals surface area contributed by atoms with E-state index in [-0.39, 0.29) is 22.5 Å². The summed E-state index contributed by atoms with van der Waals surface area (Å²) < 4.78 is 5.83. The standard InChI is InChI=1S/C31H54O3/c1-8-9-10-11-12-13-14-15-16-17-18-19-20-21-22-29(33)34-28-24-25(30(2,3)4)27(32)23-26(28)31(5,6)7/h23-24,32H,8-22H2,1-7H3. The Morgan fingerprint density at radius 2 is 1.09 bits per heavy atom. The van der Waals surface area contributed by atoms with Crippen molar-refractivity contribution in [2.75, 3.05) is 0 Å². The molecular weight excluding hydrogens is 420 g/mol. The smallest absolute Gasteiger partial charge is 0.311 e. The molecule has 1 aromatic rings. The fourth-order valence-electron chi connectivity index (χ4n) is 4.48. The largest absolute Gasteiger partial charge is 0.508 e. The van der Waals surface area contributed by atoms with E-state index in [4.69, 9.17) is 4.74 Å². The predicted molar refractivity (Wildman–Crippen MR) is 146 cm³/mol. The third-order valence-electron chi connectivity index (χ3n) is 6.67. The second kappa shape index (κ2) is 15.5. The lowest BCUT2D eigenvalue weighted by molar-refractivity contribution is -0.134. The minimum atomic E-state index is -0.226. The molecule has 0 saturated heterocycles. The molecule has 0 saturated carbocycles. The monoisotopic (exact) mass is 474 g/mol. The van der Waals surface area contributed by atoms with E-state index in [9.17, 15) is 9.90 Å². The van der Waals surface area contributed by atoms with Gasteiger partial charge in [0.1, 0.15) is 11.5 Å². The minimum Gasteiger partial charge on any atom is -0.508 e. The molecule has 196 valence electrons. The molecule has 0 aliphatic carbocycles. The summed E-state index contributed by atoms with van der Waals surface area (Å²) in [6.45, 7) is 14.7. The Balaban J connectivity index is 2.31. The number of hydrogen-bond donors (Lipinski definition) is 1. The van der Waals surface area contributed by atoms with Gasteiger partial charge in [-0.1, -0.05) is 132 Å². The summed E-state index contributed by atoms with van der Waals surface area (Å²) in [7, 11) is 0. The maximum Gasteiger partial charge on any atom is 0.311 e. The first kappa shape index (κ1) is 30.5. The zero-order valence-corrected chi connectivity index (χ0v) is 23.5. The van der Waals surface area contributed by atoms with Gasteiger partial charge in [0.25, 0.3) is 0 Å². The van der Waals surface area contributed by atoms with Crippen LogP contribution >= 0.6 is 0 Å². The summed E-state index contributed by atoms with van der Waals surface area (Å²) in [5, 5.41) is 10.6. The first-order valence-electron chi connectivity index (χ1n) is 14.1. The van der Waals surface area contributed by atoms with Gasteiger partial charge in [-0.2, -0.15) is 0 Å². The molecule has 0 heterocycles. The molecule has 0 bridgehead atoms. The number of phenolic OH excluding ortho intramolecular Hbond substituents is 1. The van der Waals surface area contributed by atoms with Crippen molar-refractivity contribution in [1.82, 2.24) is 0 Å². The van der Waals surface area contributed by atoms with E-state index in [2.05, 4.69) is 48.5 Å². The molecule has 0 aromatic heterocycles. The van der Waals surface area contributed by atoms with E-state index in [1.807, 2.05) is 6.07 Å². The van der Waals surface area contributed by atoms with Crippen LogP contribution in [0.3, 0.4) is 0 Å². The maximum atomic E-state index is 12.6. The molecule has 0 aliphatic heterocycles. The van der Waals surface area contributed by atoms with Gasteiger partial charge in [-0.25, -0.2) is 0 Å². The van der Waals surface area contributed by atoms with Crippen LogP contribution in [0, 0.1) is 0 Å². The van der Waals surface area contributed by atoms with E-state index in [1.165, 1.54) is 77.0 Å². The number of carbonyl (C=O) groups is 1. The van der Waals surface area contributed by atoms with Crippen LogP contribution in [0.2, 0.25) is 0 Å². The quantitative estimate of drug-likeness (QED) is 0.147. The van der Waals surface area contributed by atoms with E-state index in [1.54, 1.807) is 6.07 Å². The van der Waals surface area contributed by atoms with Crippen LogP contribution in [-0.4, -0.2) is 11.1 Å². The minimum absolute atomic E-state index is 0.171. The SMILES string of the molecule is CCCCCCCCCCCCCCCCC(=O)Oc1cc(C(C)(C)C)c(O)cc1C(C)(C)C. The topological polar surface area (TPSA) is 46.5 Å². The highest BCUT2D eigenvalue weighted by Crippen LogP contribution is 2.40. The number of carbonyl (C=O) groups excluding carboxylic acids is 1. The molecular formula is C31H54O3. The van der Waals surface area contributed by atoms with Gasteiger partial charge in [-0.05, 0) is 29.4 Å². The highest BCUT2D eigenvalue weighted by molar-refractivity contribution is 5.73. The zero-order chi connectivity index (χ0) is 25.6. The molecule has 0 radical (unpaired) electrons. The Hall–Kier alpha value is -1.51. The molecule has 1 rings (SSSR count). The number of unbranched alkanes of at least 4 members (excludes halogenated alkanes) is 13. The van der Waals surface area contributed by atoms with Crippen LogP contribution in [0.25, 0.3) is 0 Å². The maximum absolute atomic E-state index is 12.6. The summed E-state index contributed by atoms with van der Waals surface area (Å²) in [5.74, 6) is 0.685. The third kappa shape index (κ3) is 12.3. The Kier molecular flexibility index (Phi) is 13.9. The number of benzene rings is 1. The molecule has 0 unspecified atom stereocenters. The van der Waals surface area contributed by atoms with Crippen LogP contribution in [0.1, 0.15) is 156 Å². The molecule has 3 nitrogen and oxygen atoms in total. The number of aromatic hydroxyl groups is 1. The van der Waals surface area contributed by atoms with Crippen molar-refractivity contribution >= 4 is 5.97 Å². The van der Waals surface area contributed by atoms with Crippen molar-refractivity contribution < 1.29 is 14.6 Å². The van der Waals surface area contributed by atoms with Gasteiger partial charge in [0.15, 0.2) is 0 Å². The molecule has 0 amide bonds. The van der Waals surface area contributed by atoms with Crippen LogP contribution in [0.15, 0.2) is 12.1 Å². The van der Waals surface area contributed by atoms with Gasteiger partial charge >= 0.3 is 5.97 Å². The molecule has 34 heavy (non-hydrogen) atoms. The lowest BCUT2D eigenvalue weighted by Gasteiger charge is -2.27. The van der Waals surface area contributed by atoms with Crippen LogP contribution in [-0.2, 0) is 15.6 Å². The molecule has 3 heteroatoms. The van der Waals surface area contributed by atoms with Crippen molar-refractivity contribution in [3.63, 3.8) is 0 Å². The lowest BCUT2D eigenvalue weighted by Crippen LogP contribution is -2.19. The molecule has 0 atom stereocenters. The summed E-state index contributed by atoms with van der Waals surface area (Å²) in [5.41, 5.74) is 1.22. The fourth-order valence-corrected chi connectivity index (χ4v) is 4.48. The van der Waals surface area contributed by atoms with Crippen molar-refractivity contribution in [2.45, 2.75) is 156 Å². The summed E-state index contributed by atoms with van der Waals surface area (Å²) in [6.07, 6.45) is 18.7. The van der Waals surface area contributed by atoms with Crippen molar-refractivity contribution in [3.8, 4) is 11.5 Å². The fraction of sp³-hybridized carbons (Fsp3) is 0.774. The van der Waals surface area contributed by atoms with Crippen LogP contribution in [0.4, 0.5) is 0 Å². The number of esters is 1. The number of hydrogen-bond acceptors (Lipinski definition) is 3. The number of phenols is 1. The average Bonchev–Trinajstić information content (AvgIpc) is 2.73. The van der Waals surface area contributed by atoms with Gasteiger partial charge in [0, 0.05) is 17.5 Å². The Labute approximate surface area is 211 Å². The summed E-state index contributed by atoms with van der Waals surface area (Å²) >= 11 is 0. The highest BCUT2D eigenvalue weighted by Gasteiger charge is 2.26. The second-order valence-electron chi connectivity index (χ2n) is 12.2. The summed E-state index contributed by atoms with van der Waals surface area (Å²) in [6, 6.07) is 3.63. The Bertz CT molecular complexity index is 707. The van der Waals surface area contributed by atoms with Crippen molar-refractivity contribution in [3.05, 3.63) is 23.3 Å². The zero-order valence-electron chi connectivity index (χ0n) is 23.5.